The number of hydrogen-bond acceptors (Lipinski definition) is 5. The molecule has 0 saturated heterocycles. The Morgan fingerprint density at radius 3 is 2.17 bits per heavy atom. The molecule has 1 N–H and O–H groups in total. The maximum absolute atomic E-state index is 13.4. The Morgan fingerprint density at radius 1 is 0.900 bits per heavy atom. The van der Waals surface area contributed by atoms with Crippen molar-refractivity contribution in [1.82, 2.24) is 0 Å². The summed E-state index contributed by atoms with van der Waals surface area (Å²) in [4.78, 5) is 0.128. The summed E-state index contributed by atoms with van der Waals surface area (Å²) in [6, 6.07) is 22.4. The number of aliphatic hydroxyl groups is 1. The first-order valence-corrected chi connectivity index (χ1v) is 10.9. The van der Waals surface area contributed by atoms with Gasteiger partial charge in [0, 0.05) is 0 Å². The van der Waals surface area contributed by atoms with Crippen molar-refractivity contribution in [3.63, 3.8) is 0 Å². The summed E-state index contributed by atoms with van der Waals surface area (Å²) in [5, 5.41) is 10.6. The predicted octanol–water partition coefficient (Wildman–Crippen LogP) is 3.64. The van der Waals surface area contributed by atoms with E-state index in [0.29, 0.717) is 17.2 Å². The number of benzene rings is 3. The molecule has 30 heavy (non-hydrogen) atoms. The van der Waals surface area contributed by atoms with Gasteiger partial charge in [0.15, 0.2) is 0 Å². The van der Waals surface area contributed by atoms with Crippen LogP contribution >= 0.6 is 0 Å². The van der Waals surface area contributed by atoms with Gasteiger partial charge in [0.25, 0.3) is 10.0 Å². The molecule has 0 aliphatic rings. The van der Waals surface area contributed by atoms with Gasteiger partial charge < -0.3 is 14.6 Å². The van der Waals surface area contributed by atoms with E-state index in [2.05, 4.69) is 0 Å². The fraction of sp³-hybridized carbons (Fsp3) is 0.217. The molecule has 0 saturated carbocycles. The van der Waals surface area contributed by atoms with Crippen LogP contribution in [0.25, 0.3) is 0 Å². The van der Waals surface area contributed by atoms with Crippen molar-refractivity contribution in [3.8, 4) is 11.5 Å². The first-order valence-electron chi connectivity index (χ1n) is 9.51. The zero-order valence-electron chi connectivity index (χ0n) is 16.9. The second-order valence-corrected chi connectivity index (χ2v) is 8.61. The molecule has 1 unspecified atom stereocenters. The zero-order chi connectivity index (χ0) is 21.6. The number of nitrogens with zero attached hydrogens (tertiary/aromatic N) is 1. The lowest BCUT2D eigenvalue weighted by Gasteiger charge is -2.28. The van der Waals surface area contributed by atoms with Crippen molar-refractivity contribution in [2.24, 2.45) is 0 Å². The number of anilines is 1. The van der Waals surface area contributed by atoms with Gasteiger partial charge in [-0.2, -0.15) is 0 Å². The smallest absolute Gasteiger partial charge is 0.264 e. The van der Waals surface area contributed by atoms with E-state index in [1.165, 1.54) is 19.2 Å². The SMILES string of the molecule is COc1ccccc1N(CC(O)COc1ccccc1C)S(=O)(=O)c1ccccc1. The Hall–Kier alpha value is -3.03. The Labute approximate surface area is 177 Å². The minimum Gasteiger partial charge on any atom is -0.495 e. The van der Waals surface area contributed by atoms with Crippen LogP contribution in [0.15, 0.2) is 83.8 Å². The molecule has 0 heterocycles. The number of hydrogen-bond donors (Lipinski definition) is 1. The van der Waals surface area contributed by atoms with Crippen LogP contribution in [-0.2, 0) is 10.0 Å². The van der Waals surface area contributed by atoms with Gasteiger partial charge >= 0.3 is 0 Å². The number of aliphatic hydroxyl groups excluding tert-OH is 1. The van der Waals surface area contributed by atoms with E-state index in [-0.39, 0.29) is 18.0 Å². The molecule has 0 amide bonds. The molecule has 1 atom stereocenters. The number of rotatable bonds is 9. The van der Waals surface area contributed by atoms with Gasteiger partial charge in [0.1, 0.15) is 24.2 Å². The van der Waals surface area contributed by atoms with E-state index < -0.39 is 16.1 Å². The van der Waals surface area contributed by atoms with Gasteiger partial charge in [-0.15, -0.1) is 0 Å². The topological polar surface area (TPSA) is 76.1 Å². The Balaban J connectivity index is 1.89. The number of ether oxygens (including phenoxy) is 2. The molecule has 3 aromatic carbocycles. The molecule has 7 heteroatoms. The van der Waals surface area contributed by atoms with E-state index in [1.54, 1.807) is 48.5 Å². The highest BCUT2D eigenvalue weighted by Crippen LogP contribution is 2.32. The summed E-state index contributed by atoms with van der Waals surface area (Å²) < 4.78 is 39.0. The Kier molecular flexibility index (Phi) is 6.97. The van der Waals surface area contributed by atoms with Gasteiger partial charge in [-0.25, -0.2) is 8.42 Å². The highest BCUT2D eigenvalue weighted by molar-refractivity contribution is 7.92. The van der Waals surface area contributed by atoms with Crippen LogP contribution in [0, 0.1) is 6.92 Å². The normalized spacial score (nSPS) is 12.2. The van der Waals surface area contributed by atoms with Crippen LogP contribution in [0.5, 0.6) is 11.5 Å². The minimum atomic E-state index is -3.94. The summed E-state index contributed by atoms with van der Waals surface area (Å²) in [7, 11) is -2.46. The lowest BCUT2D eigenvalue weighted by atomic mass is 10.2. The summed E-state index contributed by atoms with van der Waals surface area (Å²) >= 11 is 0. The highest BCUT2D eigenvalue weighted by atomic mass is 32.2. The fourth-order valence-corrected chi connectivity index (χ4v) is 4.56. The van der Waals surface area contributed by atoms with Crippen LogP contribution in [0.2, 0.25) is 0 Å². The number of sulfonamides is 1. The predicted molar refractivity (Wildman–Crippen MR) is 117 cm³/mol. The second kappa shape index (κ2) is 9.65. The molecule has 158 valence electrons. The van der Waals surface area contributed by atoms with Crippen molar-refractivity contribution in [2.45, 2.75) is 17.9 Å². The summed E-state index contributed by atoms with van der Waals surface area (Å²) in [6.45, 7) is 1.66. The van der Waals surface area contributed by atoms with E-state index >= 15 is 0 Å². The van der Waals surface area contributed by atoms with Gasteiger partial charge in [-0.1, -0.05) is 48.5 Å². The number of para-hydroxylation sites is 3. The maximum Gasteiger partial charge on any atom is 0.264 e. The summed E-state index contributed by atoms with van der Waals surface area (Å²) in [5.74, 6) is 1.04. The molecule has 6 nitrogen and oxygen atoms in total. The lowest BCUT2D eigenvalue weighted by Crippen LogP contribution is -2.40. The molecular formula is C23H25NO5S. The highest BCUT2D eigenvalue weighted by Gasteiger charge is 2.29. The molecular weight excluding hydrogens is 402 g/mol. The van der Waals surface area contributed by atoms with Crippen molar-refractivity contribution in [2.75, 3.05) is 24.6 Å². The first-order chi connectivity index (χ1) is 14.4. The van der Waals surface area contributed by atoms with Crippen LogP contribution < -0.4 is 13.8 Å². The number of aryl methyl sites for hydroxylation is 1. The maximum atomic E-state index is 13.4. The molecule has 0 fully saturated rings. The van der Waals surface area contributed by atoms with E-state index in [0.717, 1.165) is 9.87 Å². The number of methoxy groups -OCH3 is 1. The van der Waals surface area contributed by atoms with Gasteiger partial charge in [0.05, 0.1) is 24.2 Å². The zero-order valence-corrected chi connectivity index (χ0v) is 17.7. The van der Waals surface area contributed by atoms with Gasteiger partial charge in [0.2, 0.25) is 0 Å². The van der Waals surface area contributed by atoms with Crippen LogP contribution in [0.1, 0.15) is 5.56 Å². The van der Waals surface area contributed by atoms with Crippen molar-refractivity contribution in [3.05, 3.63) is 84.4 Å². The van der Waals surface area contributed by atoms with E-state index in [1.807, 2.05) is 25.1 Å². The monoisotopic (exact) mass is 427 g/mol. The average Bonchev–Trinajstić information content (AvgIpc) is 2.77. The van der Waals surface area contributed by atoms with Gasteiger partial charge in [-0.05, 0) is 42.8 Å². The molecule has 0 aliphatic heterocycles. The third-order valence-electron chi connectivity index (χ3n) is 4.59. The minimum absolute atomic E-state index is 0.0547. The summed E-state index contributed by atoms with van der Waals surface area (Å²) in [5.41, 5.74) is 1.28. The third kappa shape index (κ3) is 4.93. The Morgan fingerprint density at radius 2 is 1.50 bits per heavy atom. The molecule has 3 rings (SSSR count). The van der Waals surface area contributed by atoms with Crippen LogP contribution in [-0.4, -0.2) is 39.9 Å². The first kappa shape index (κ1) is 21.7. The Bertz CT molecular complexity index is 1070. The van der Waals surface area contributed by atoms with Crippen molar-refractivity contribution >= 4 is 15.7 Å². The summed E-state index contributed by atoms with van der Waals surface area (Å²) in [6.07, 6.45) is -1.06. The van der Waals surface area contributed by atoms with Crippen LogP contribution in [0.3, 0.4) is 0 Å². The van der Waals surface area contributed by atoms with Crippen LogP contribution in [0.4, 0.5) is 5.69 Å². The van der Waals surface area contributed by atoms with Crippen molar-refractivity contribution < 1.29 is 23.0 Å². The van der Waals surface area contributed by atoms with Gasteiger partial charge in [-0.3, -0.25) is 4.31 Å². The molecule has 0 bridgehead atoms. The molecule has 0 spiro atoms. The van der Waals surface area contributed by atoms with E-state index in [4.69, 9.17) is 9.47 Å². The van der Waals surface area contributed by atoms with Crippen molar-refractivity contribution in [1.29, 1.82) is 0 Å². The molecule has 0 aromatic heterocycles. The molecule has 0 radical (unpaired) electrons. The standard InChI is InChI=1S/C23H25NO5S/c1-18-10-6-8-14-22(18)29-17-19(25)16-24(21-13-7-9-15-23(21)28-2)30(26,27)20-11-4-3-5-12-20/h3-15,19,25H,16-17H2,1-2H3. The second-order valence-electron chi connectivity index (χ2n) is 6.75. The largest absolute Gasteiger partial charge is 0.495 e. The molecule has 3 aromatic rings. The van der Waals surface area contributed by atoms with E-state index in [9.17, 15) is 13.5 Å². The lowest BCUT2D eigenvalue weighted by molar-refractivity contribution is 0.114. The third-order valence-corrected chi connectivity index (χ3v) is 6.38. The fourth-order valence-electron chi connectivity index (χ4n) is 3.03. The quantitative estimate of drug-likeness (QED) is 0.564. The average molecular weight is 428 g/mol. The molecule has 0 aliphatic carbocycles.